The quantitative estimate of drug-likeness (QED) is 0.0272. The van der Waals surface area contributed by atoms with Gasteiger partial charge in [0.05, 0.1) is 39.9 Å². The van der Waals surface area contributed by atoms with Gasteiger partial charge >= 0.3 is 0 Å². The van der Waals surface area contributed by atoms with E-state index in [1.165, 1.54) is 231 Å². The zero-order valence-electron chi connectivity index (χ0n) is 44.9. The Morgan fingerprint density at radius 2 is 0.833 bits per heavy atom. The van der Waals surface area contributed by atoms with Crippen molar-refractivity contribution in [2.24, 2.45) is 0 Å². The summed E-state index contributed by atoms with van der Waals surface area (Å²) >= 11 is 0. The Morgan fingerprint density at radius 1 is 0.515 bits per heavy atom. The third-order valence-corrected chi connectivity index (χ3v) is 14.5. The van der Waals surface area contributed by atoms with Crippen LogP contribution in [0.2, 0.25) is 0 Å². The first-order valence-corrected chi connectivity index (χ1v) is 30.5. The van der Waals surface area contributed by atoms with E-state index in [9.17, 15) is 19.4 Å². The van der Waals surface area contributed by atoms with E-state index >= 15 is 0 Å². The molecule has 3 atom stereocenters. The molecular formula is C57H115N2O6P. The summed E-state index contributed by atoms with van der Waals surface area (Å²) in [6.45, 7) is 4.76. The molecule has 0 aliphatic rings. The SMILES string of the molecule is CCCCCCCCCCCCCC/C=C\CCCCCCCCCCCCCCCC(=O)NC(COP(=O)([O-])OCC[N+](C)(C)C)C(O)CCCCCCCCCCCCCCCCC. The third kappa shape index (κ3) is 51.1. The van der Waals surface area contributed by atoms with Crippen LogP contribution < -0.4 is 10.2 Å². The normalized spacial score (nSPS) is 14.0. The molecule has 0 fully saturated rings. The number of allylic oxidation sites excluding steroid dienone is 2. The number of nitrogens with zero attached hydrogens (tertiary/aromatic N) is 1. The first-order valence-electron chi connectivity index (χ1n) is 29.0. The van der Waals surface area contributed by atoms with Crippen molar-refractivity contribution in [1.82, 2.24) is 5.32 Å². The molecule has 1 amide bonds. The van der Waals surface area contributed by atoms with Gasteiger partial charge in [-0.15, -0.1) is 0 Å². The highest BCUT2D eigenvalue weighted by atomic mass is 31.2. The summed E-state index contributed by atoms with van der Waals surface area (Å²) in [6.07, 6.45) is 59.6. The summed E-state index contributed by atoms with van der Waals surface area (Å²) in [5, 5.41) is 14.0. The minimum absolute atomic E-state index is 0.0149. The number of quaternary nitrogens is 1. The van der Waals surface area contributed by atoms with Crippen LogP contribution in [-0.2, 0) is 18.4 Å². The Morgan fingerprint density at radius 3 is 1.18 bits per heavy atom. The number of carbonyl (C=O) groups is 1. The largest absolute Gasteiger partial charge is 0.756 e. The van der Waals surface area contributed by atoms with E-state index in [1.54, 1.807) is 0 Å². The fraction of sp³-hybridized carbons (Fsp3) is 0.947. The molecule has 0 radical (unpaired) electrons. The first-order chi connectivity index (χ1) is 32.0. The molecule has 0 aromatic carbocycles. The molecule has 0 saturated carbocycles. The molecule has 3 unspecified atom stereocenters. The van der Waals surface area contributed by atoms with Gasteiger partial charge in [-0.3, -0.25) is 9.36 Å². The number of aliphatic hydroxyl groups excluding tert-OH is 1. The summed E-state index contributed by atoms with van der Waals surface area (Å²) in [6, 6.07) is -0.797. The van der Waals surface area contributed by atoms with Crippen molar-refractivity contribution in [3.63, 3.8) is 0 Å². The van der Waals surface area contributed by atoms with Crippen LogP contribution in [0.5, 0.6) is 0 Å². The molecule has 0 aliphatic carbocycles. The summed E-state index contributed by atoms with van der Waals surface area (Å²) in [7, 11) is 1.32. The molecule has 0 aliphatic heterocycles. The van der Waals surface area contributed by atoms with Gasteiger partial charge in [-0.2, -0.15) is 0 Å². The van der Waals surface area contributed by atoms with E-state index in [0.29, 0.717) is 23.9 Å². The van der Waals surface area contributed by atoms with Crippen LogP contribution in [0.3, 0.4) is 0 Å². The van der Waals surface area contributed by atoms with Crippen LogP contribution in [0.1, 0.15) is 296 Å². The Kier molecular flexibility index (Phi) is 48.7. The number of hydrogen-bond acceptors (Lipinski definition) is 6. The Bertz CT molecular complexity index is 1080. The fourth-order valence-electron chi connectivity index (χ4n) is 8.92. The van der Waals surface area contributed by atoms with Gasteiger partial charge in [0.1, 0.15) is 13.2 Å². The van der Waals surface area contributed by atoms with Gasteiger partial charge < -0.3 is 28.8 Å². The van der Waals surface area contributed by atoms with Gasteiger partial charge in [0.25, 0.3) is 7.82 Å². The van der Waals surface area contributed by atoms with Crippen molar-refractivity contribution in [1.29, 1.82) is 0 Å². The lowest BCUT2D eigenvalue weighted by molar-refractivity contribution is -0.870. The number of rotatable bonds is 54. The van der Waals surface area contributed by atoms with Crippen molar-refractivity contribution >= 4 is 13.7 Å². The monoisotopic (exact) mass is 955 g/mol. The van der Waals surface area contributed by atoms with Crippen molar-refractivity contribution < 1.29 is 32.9 Å². The maximum Gasteiger partial charge on any atom is 0.268 e. The fourth-order valence-corrected chi connectivity index (χ4v) is 9.64. The Hall–Kier alpha value is -0.760. The highest BCUT2D eigenvalue weighted by Gasteiger charge is 2.24. The molecule has 9 heteroatoms. The zero-order chi connectivity index (χ0) is 48.5. The molecule has 394 valence electrons. The maximum atomic E-state index is 13.0. The van der Waals surface area contributed by atoms with E-state index in [1.807, 2.05) is 21.1 Å². The highest BCUT2D eigenvalue weighted by molar-refractivity contribution is 7.45. The molecule has 0 bridgehead atoms. The highest BCUT2D eigenvalue weighted by Crippen LogP contribution is 2.38. The van der Waals surface area contributed by atoms with Gasteiger partial charge in [0.15, 0.2) is 0 Å². The number of carbonyl (C=O) groups excluding carboxylic acids is 1. The molecule has 0 aromatic heterocycles. The number of phosphoric ester groups is 1. The number of phosphoric acid groups is 1. The number of likely N-dealkylation sites (N-methyl/N-ethyl adjacent to an activating group) is 1. The van der Waals surface area contributed by atoms with E-state index in [4.69, 9.17) is 9.05 Å². The smallest absolute Gasteiger partial charge is 0.268 e. The molecule has 0 aromatic rings. The molecule has 8 nitrogen and oxygen atoms in total. The number of nitrogens with one attached hydrogen (secondary N) is 1. The predicted octanol–water partition coefficient (Wildman–Crippen LogP) is 16.8. The number of amides is 1. The molecule has 66 heavy (non-hydrogen) atoms. The van der Waals surface area contributed by atoms with Crippen molar-refractivity contribution in [2.75, 3.05) is 40.9 Å². The van der Waals surface area contributed by atoms with E-state index in [2.05, 4.69) is 31.3 Å². The summed E-state index contributed by atoms with van der Waals surface area (Å²) in [5.41, 5.74) is 0. The minimum atomic E-state index is -4.57. The molecule has 0 rings (SSSR count). The van der Waals surface area contributed by atoms with Gasteiger partial charge in [-0.25, -0.2) is 0 Å². The van der Waals surface area contributed by atoms with Crippen LogP contribution in [0.15, 0.2) is 12.2 Å². The first kappa shape index (κ1) is 65.2. The van der Waals surface area contributed by atoms with E-state index in [-0.39, 0.29) is 19.1 Å². The van der Waals surface area contributed by atoms with Crippen molar-refractivity contribution in [2.45, 2.75) is 309 Å². The number of unbranched alkanes of at least 4 members (excludes halogenated alkanes) is 39. The van der Waals surface area contributed by atoms with Gasteiger partial charge in [0, 0.05) is 6.42 Å². The summed E-state index contributed by atoms with van der Waals surface area (Å²) < 4.78 is 23.4. The van der Waals surface area contributed by atoms with Crippen LogP contribution in [0, 0.1) is 0 Å². The zero-order valence-corrected chi connectivity index (χ0v) is 45.8. The molecular weight excluding hydrogens is 840 g/mol. The average molecular weight is 956 g/mol. The lowest BCUT2D eigenvalue weighted by atomic mass is 10.0. The number of aliphatic hydroxyl groups is 1. The van der Waals surface area contributed by atoms with Crippen molar-refractivity contribution in [3.8, 4) is 0 Å². The topological polar surface area (TPSA) is 108 Å². The lowest BCUT2D eigenvalue weighted by Gasteiger charge is -2.30. The second-order valence-electron chi connectivity index (χ2n) is 21.4. The summed E-state index contributed by atoms with van der Waals surface area (Å²) in [4.78, 5) is 25.5. The second-order valence-corrected chi connectivity index (χ2v) is 22.8. The van der Waals surface area contributed by atoms with E-state index < -0.39 is 20.0 Å². The molecule has 0 saturated heterocycles. The molecule has 2 N–H and O–H groups in total. The van der Waals surface area contributed by atoms with Crippen molar-refractivity contribution in [3.05, 3.63) is 12.2 Å². The Balaban J connectivity index is 4.05. The standard InChI is InChI=1S/C57H115N2O6P/c1-6-8-10-12-14-16-18-20-22-23-24-25-26-27-28-29-30-31-32-33-34-35-37-39-41-43-45-47-49-51-57(61)58-55(54-65-66(62,63)64-53-52-59(3,4)5)56(60)50-48-46-44-42-40-38-36-21-19-17-15-13-11-9-7-2/h27-28,55-56,60H,6-26,29-54H2,1-5H3,(H-,58,61,62,63)/b28-27-. The molecule has 0 spiro atoms. The van der Waals surface area contributed by atoms with Gasteiger partial charge in [0.2, 0.25) is 5.91 Å². The lowest BCUT2D eigenvalue weighted by Crippen LogP contribution is -2.46. The predicted molar refractivity (Wildman–Crippen MR) is 284 cm³/mol. The van der Waals surface area contributed by atoms with Crippen LogP contribution >= 0.6 is 7.82 Å². The van der Waals surface area contributed by atoms with Crippen LogP contribution in [0.25, 0.3) is 0 Å². The Labute approximate surface area is 412 Å². The summed E-state index contributed by atoms with van der Waals surface area (Å²) in [5.74, 6) is -0.160. The van der Waals surface area contributed by atoms with E-state index in [0.717, 1.165) is 38.5 Å². The van der Waals surface area contributed by atoms with Crippen LogP contribution in [0.4, 0.5) is 0 Å². The second kappa shape index (κ2) is 49.2. The third-order valence-electron chi connectivity index (χ3n) is 13.5. The van der Waals surface area contributed by atoms with Gasteiger partial charge in [-0.1, -0.05) is 264 Å². The molecule has 0 heterocycles. The number of hydrogen-bond donors (Lipinski definition) is 2. The maximum absolute atomic E-state index is 13.0. The minimum Gasteiger partial charge on any atom is -0.756 e. The average Bonchev–Trinajstić information content (AvgIpc) is 3.28. The van der Waals surface area contributed by atoms with Crippen LogP contribution in [-0.4, -0.2) is 68.5 Å². The van der Waals surface area contributed by atoms with Gasteiger partial charge in [-0.05, 0) is 38.5 Å².